The van der Waals surface area contributed by atoms with E-state index in [9.17, 15) is 4.79 Å². The average Bonchev–Trinajstić information content (AvgIpc) is 2.73. The third-order valence-corrected chi connectivity index (χ3v) is 3.12. The predicted octanol–water partition coefficient (Wildman–Crippen LogP) is 3.86. The number of para-hydroxylation sites is 1. The summed E-state index contributed by atoms with van der Waals surface area (Å²) in [6.45, 7) is 2.16. The van der Waals surface area contributed by atoms with Gasteiger partial charge in [0, 0.05) is 29.9 Å². The Morgan fingerprint density at radius 3 is 2.88 bits per heavy atom. The molecule has 0 unspecified atom stereocenters. The number of rotatable bonds is 6. The molecular weight excluding hydrogens is 210 g/mol. The summed E-state index contributed by atoms with van der Waals surface area (Å²) in [6.07, 6.45) is 6.58. The first-order chi connectivity index (χ1) is 8.31. The van der Waals surface area contributed by atoms with E-state index in [4.69, 9.17) is 0 Å². The lowest BCUT2D eigenvalue weighted by Gasteiger charge is -1.99. The van der Waals surface area contributed by atoms with Crippen LogP contribution in [0.25, 0.3) is 10.9 Å². The number of unbranched alkanes of at least 4 members (excludes halogenated alkanes) is 2. The summed E-state index contributed by atoms with van der Waals surface area (Å²) in [5, 5.41) is 1.18. The fourth-order valence-electron chi connectivity index (χ4n) is 2.15. The highest BCUT2D eigenvalue weighted by Gasteiger charge is 2.07. The third kappa shape index (κ3) is 2.96. The van der Waals surface area contributed by atoms with Crippen molar-refractivity contribution in [1.29, 1.82) is 0 Å². The number of nitrogens with one attached hydrogen (secondary N) is 1. The normalized spacial score (nSPS) is 10.9. The molecule has 2 nitrogen and oxygen atoms in total. The molecular formula is C15H19NO. The molecule has 0 atom stereocenters. The molecule has 0 amide bonds. The minimum atomic E-state index is 0.350. The molecule has 1 aromatic carbocycles. The van der Waals surface area contributed by atoms with Gasteiger partial charge in [0.05, 0.1) is 0 Å². The second kappa shape index (κ2) is 5.67. The molecule has 90 valence electrons. The van der Waals surface area contributed by atoms with Gasteiger partial charge < -0.3 is 4.98 Å². The Labute approximate surface area is 102 Å². The Morgan fingerprint density at radius 2 is 2.06 bits per heavy atom. The van der Waals surface area contributed by atoms with Crippen molar-refractivity contribution in [3.05, 3.63) is 36.0 Å². The van der Waals surface area contributed by atoms with Crippen LogP contribution in [0.1, 0.15) is 38.2 Å². The molecule has 0 saturated heterocycles. The highest BCUT2D eigenvalue weighted by Crippen LogP contribution is 2.18. The molecule has 2 aromatic rings. The summed E-state index contributed by atoms with van der Waals surface area (Å²) in [5.41, 5.74) is 2.24. The lowest BCUT2D eigenvalue weighted by Crippen LogP contribution is -2.01. The average molecular weight is 229 g/mol. The zero-order valence-electron chi connectivity index (χ0n) is 10.3. The number of hydrogen-bond acceptors (Lipinski definition) is 1. The molecule has 0 fully saturated rings. The third-order valence-electron chi connectivity index (χ3n) is 3.12. The summed E-state index contributed by atoms with van der Waals surface area (Å²) < 4.78 is 0. The van der Waals surface area contributed by atoms with E-state index in [0.717, 1.165) is 23.9 Å². The minimum absolute atomic E-state index is 0.350. The molecule has 17 heavy (non-hydrogen) atoms. The molecule has 0 aliphatic carbocycles. The van der Waals surface area contributed by atoms with E-state index >= 15 is 0 Å². The maximum atomic E-state index is 11.8. The summed E-state index contributed by atoms with van der Waals surface area (Å²) >= 11 is 0. The van der Waals surface area contributed by atoms with Gasteiger partial charge in [-0.15, -0.1) is 0 Å². The van der Waals surface area contributed by atoms with Crippen LogP contribution >= 0.6 is 0 Å². The second-order valence-electron chi connectivity index (χ2n) is 4.53. The Balaban J connectivity index is 2.01. The van der Waals surface area contributed by atoms with E-state index in [1.54, 1.807) is 0 Å². The second-order valence-corrected chi connectivity index (χ2v) is 4.53. The fourth-order valence-corrected chi connectivity index (χ4v) is 2.15. The van der Waals surface area contributed by atoms with E-state index in [1.165, 1.54) is 11.8 Å². The van der Waals surface area contributed by atoms with Crippen molar-refractivity contribution in [3.63, 3.8) is 0 Å². The van der Waals surface area contributed by atoms with Gasteiger partial charge in [-0.3, -0.25) is 4.79 Å². The Hall–Kier alpha value is -1.57. The van der Waals surface area contributed by atoms with E-state index in [2.05, 4.69) is 18.0 Å². The molecule has 2 heteroatoms. The lowest BCUT2D eigenvalue weighted by atomic mass is 10.0. The number of H-pyrrole nitrogens is 1. The first-order valence-corrected chi connectivity index (χ1v) is 6.38. The van der Waals surface area contributed by atoms with Gasteiger partial charge in [-0.2, -0.15) is 0 Å². The number of benzene rings is 1. The topological polar surface area (TPSA) is 32.9 Å². The Bertz CT molecular complexity index is 498. The Morgan fingerprint density at radius 1 is 1.24 bits per heavy atom. The van der Waals surface area contributed by atoms with E-state index in [0.29, 0.717) is 18.6 Å². The monoisotopic (exact) mass is 229 g/mol. The van der Waals surface area contributed by atoms with Crippen LogP contribution in [0, 0.1) is 0 Å². The SMILES string of the molecule is CCCCCC(=O)Cc1c[nH]c2ccccc12. The standard InChI is InChI=1S/C15H19NO/c1-2-3-4-7-13(17)10-12-11-16-15-9-6-5-8-14(12)15/h5-6,8-9,11,16H,2-4,7,10H2,1H3. The van der Waals surface area contributed by atoms with Crippen LogP contribution in [0.2, 0.25) is 0 Å². The summed E-state index contributed by atoms with van der Waals surface area (Å²) in [6, 6.07) is 8.13. The van der Waals surface area contributed by atoms with Gasteiger partial charge in [0.25, 0.3) is 0 Å². The predicted molar refractivity (Wildman–Crippen MR) is 71.2 cm³/mol. The van der Waals surface area contributed by atoms with Gasteiger partial charge in [-0.05, 0) is 18.1 Å². The minimum Gasteiger partial charge on any atom is -0.361 e. The van der Waals surface area contributed by atoms with Gasteiger partial charge in [0.1, 0.15) is 5.78 Å². The molecule has 2 rings (SSSR count). The summed E-state index contributed by atoms with van der Waals surface area (Å²) in [4.78, 5) is 15.0. The molecule has 1 aromatic heterocycles. The van der Waals surface area contributed by atoms with Gasteiger partial charge in [0.15, 0.2) is 0 Å². The molecule has 0 aliphatic heterocycles. The van der Waals surface area contributed by atoms with Crippen LogP contribution in [0.15, 0.2) is 30.5 Å². The largest absolute Gasteiger partial charge is 0.361 e. The lowest BCUT2D eigenvalue weighted by molar-refractivity contribution is -0.118. The van der Waals surface area contributed by atoms with Crippen LogP contribution in [0.3, 0.4) is 0 Å². The number of hydrogen-bond donors (Lipinski definition) is 1. The number of aromatic nitrogens is 1. The highest BCUT2D eigenvalue weighted by molar-refractivity contribution is 5.89. The molecule has 0 bridgehead atoms. The van der Waals surface area contributed by atoms with Crippen LogP contribution < -0.4 is 0 Å². The van der Waals surface area contributed by atoms with Crippen LogP contribution in [0.4, 0.5) is 0 Å². The van der Waals surface area contributed by atoms with Crippen molar-refractivity contribution < 1.29 is 4.79 Å². The number of carbonyl (C=O) groups excluding carboxylic acids is 1. The van der Waals surface area contributed by atoms with Crippen molar-refractivity contribution in [2.24, 2.45) is 0 Å². The first-order valence-electron chi connectivity index (χ1n) is 6.38. The molecule has 1 N–H and O–H groups in total. The van der Waals surface area contributed by atoms with Crippen LogP contribution in [0.5, 0.6) is 0 Å². The van der Waals surface area contributed by atoms with Crippen LogP contribution in [-0.4, -0.2) is 10.8 Å². The van der Waals surface area contributed by atoms with Crippen LogP contribution in [-0.2, 0) is 11.2 Å². The van der Waals surface area contributed by atoms with Gasteiger partial charge in [0.2, 0.25) is 0 Å². The molecule has 0 aliphatic rings. The zero-order valence-corrected chi connectivity index (χ0v) is 10.3. The molecule has 0 radical (unpaired) electrons. The zero-order chi connectivity index (χ0) is 12.1. The Kier molecular flexibility index (Phi) is 3.97. The molecule has 1 heterocycles. The number of fused-ring (bicyclic) bond motifs is 1. The fraction of sp³-hybridized carbons (Fsp3) is 0.400. The van der Waals surface area contributed by atoms with Gasteiger partial charge >= 0.3 is 0 Å². The quantitative estimate of drug-likeness (QED) is 0.749. The number of aromatic amines is 1. The highest BCUT2D eigenvalue weighted by atomic mass is 16.1. The van der Waals surface area contributed by atoms with E-state index in [-0.39, 0.29) is 0 Å². The van der Waals surface area contributed by atoms with Gasteiger partial charge in [-0.25, -0.2) is 0 Å². The van der Waals surface area contributed by atoms with Crippen molar-refractivity contribution in [2.45, 2.75) is 39.0 Å². The van der Waals surface area contributed by atoms with E-state index < -0.39 is 0 Å². The number of carbonyl (C=O) groups is 1. The maximum Gasteiger partial charge on any atom is 0.137 e. The van der Waals surface area contributed by atoms with Gasteiger partial charge in [-0.1, -0.05) is 38.0 Å². The van der Waals surface area contributed by atoms with Crippen molar-refractivity contribution >= 4 is 16.7 Å². The molecule has 0 spiro atoms. The van der Waals surface area contributed by atoms with E-state index in [1.807, 2.05) is 24.4 Å². The first kappa shape index (κ1) is 11.9. The smallest absolute Gasteiger partial charge is 0.137 e. The number of ketones is 1. The summed E-state index contributed by atoms with van der Waals surface area (Å²) in [5.74, 6) is 0.350. The van der Waals surface area contributed by atoms with Crippen molar-refractivity contribution in [1.82, 2.24) is 4.98 Å². The molecule has 0 saturated carbocycles. The summed E-state index contributed by atoms with van der Waals surface area (Å²) in [7, 11) is 0. The van der Waals surface area contributed by atoms with Crippen molar-refractivity contribution in [2.75, 3.05) is 0 Å². The van der Waals surface area contributed by atoms with Crippen molar-refractivity contribution in [3.8, 4) is 0 Å². The maximum absolute atomic E-state index is 11.8. The number of Topliss-reactive ketones (excluding diaryl/α,β-unsaturated/α-hetero) is 1.